The summed E-state index contributed by atoms with van der Waals surface area (Å²) in [6.07, 6.45) is 9.60. The maximum absolute atomic E-state index is 11.3. The minimum atomic E-state index is -0.232. The Morgan fingerprint density at radius 3 is 2.87 bits per heavy atom. The molecule has 2 unspecified atom stereocenters. The van der Waals surface area contributed by atoms with Gasteiger partial charge in [0.2, 0.25) is 5.91 Å². The van der Waals surface area contributed by atoms with E-state index in [1.165, 1.54) is 6.08 Å². The molecule has 0 bridgehead atoms. The van der Waals surface area contributed by atoms with Gasteiger partial charge in [-0.3, -0.25) is 4.79 Å². The van der Waals surface area contributed by atoms with Crippen molar-refractivity contribution < 1.29 is 9.90 Å². The van der Waals surface area contributed by atoms with Gasteiger partial charge in [0.1, 0.15) is 0 Å². The van der Waals surface area contributed by atoms with E-state index in [0.29, 0.717) is 6.54 Å². The average Bonchev–Trinajstić information content (AvgIpc) is 2.61. The first-order chi connectivity index (χ1) is 7.24. The highest BCUT2D eigenvalue weighted by Crippen LogP contribution is 2.24. The zero-order valence-corrected chi connectivity index (χ0v) is 9.15. The van der Waals surface area contributed by atoms with E-state index in [9.17, 15) is 9.90 Å². The summed E-state index contributed by atoms with van der Waals surface area (Å²) in [5.74, 6) is 0.149. The van der Waals surface area contributed by atoms with E-state index in [1.54, 1.807) is 6.08 Å². The number of rotatable bonds is 4. The van der Waals surface area contributed by atoms with Crippen molar-refractivity contribution in [3.8, 4) is 0 Å². The van der Waals surface area contributed by atoms with Crippen molar-refractivity contribution in [2.75, 3.05) is 6.54 Å². The molecule has 0 aromatic heterocycles. The van der Waals surface area contributed by atoms with Crippen LogP contribution in [0.1, 0.15) is 26.2 Å². The first-order valence-corrected chi connectivity index (χ1v) is 5.49. The summed E-state index contributed by atoms with van der Waals surface area (Å²) in [6, 6.07) is 0. The Hall–Kier alpha value is -1.09. The van der Waals surface area contributed by atoms with Crippen molar-refractivity contribution in [2.45, 2.75) is 32.3 Å². The van der Waals surface area contributed by atoms with Crippen LogP contribution in [-0.4, -0.2) is 23.7 Å². The maximum Gasteiger partial charge on any atom is 0.243 e. The summed E-state index contributed by atoms with van der Waals surface area (Å²) in [5.41, 5.74) is 0. The van der Waals surface area contributed by atoms with Gasteiger partial charge in [-0.1, -0.05) is 24.6 Å². The number of hydrogen-bond donors (Lipinski definition) is 2. The summed E-state index contributed by atoms with van der Waals surface area (Å²) >= 11 is 0. The zero-order valence-electron chi connectivity index (χ0n) is 9.15. The van der Waals surface area contributed by atoms with Gasteiger partial charge in [-0.25, -0.2) is 0 Å². The van der Waals surface area contributed by atoms with Gasteiger partial charge in [-0.05, 0) is 19.8 Å². The summed E-state index contributed by atoms with van der Waals surface area (Å²) in [5, 5.41) is 12.3. The number of carbonyl (C=O) groups excluding carboxylic acids is 1. The van der Waals surface area contributed by atoms with Crippen LogP contribution < -0.4 is 5.32 Å². The molecule has 1 saturated carbocycles. The van der Waals surface area contributed by atoms with Crippen LogP contribution in [0.4, 0.5) is 0 Å². The molecule has 1 rings (SSSR count). The predicted octanol–water partition coefficient (Wildman–Crippen LogP) is 1.40. The minimum absolute atomic E-state index is 0.0906. The molecule has 1 aliphatic rings. The van der Waals surface area contributed by atoms with Crippen molar-refractivity contribution in [1.82, 2.24) is 5.32 Å². The fourth-order valence-electron chi connectivity index (χ4n) is 1.80. The van der Waals surface area contributed by atoms with Crippen LogP contribution in [0.3, 0.4) is 0 Å². The number of allylic oxidation sites excluding steroid dienone is 3. The van der Waals surface area contributed by atoms with Crippen molar-refractivity contribution in [2.24, 2.45) is 5.92 Å². The first kappa shape index (κ1) is 12.0. The number of amides is 1. The third-order valence-corrected chi connectivity index (χ3v) is 2.71. The van der Waals surface area contributed by atoms with Crippen molar-refractivity contribution in [1.29, 1.82) is 0 Å². The van der Waals surface area contributed by atoms with E-state index in [1.807, 2.05) is 19.1 Å². The molecule has 0 heterocycles. The van der Waals surface area contributed by atoms with Crippen LogP contribution in [-0.2, 0) is 4.79 Å². The maximum atomic E-state index is 11.3. The van der Waals surface area contributed by atoms with Crippen LogP contribution in [0.5, 0.6) is 0 Å². The predicted molar refractivity (Wildman–Crippen MR) is 60.3 cm³/mol. The Morgan fingerprint density at radius 1 is 1.47 bits per heavy atom. The van der Waals surface area contributed by atoms with Gasteiger partial charge in [0.25, 0.3) is 0 Å². The second kappa shape index (κ2) is 6.40. The van der Waals surface area contributed by atoms with Gasteiger partial charge in [0, 0.05) is 18.5 Å². The molecule has 0 aromatic rings. The largest absolute Gasteiger partial charge is 0.393 e. The monoisotopic (exact) mass is 209 g/mol. The highest BCUT2D eigenvalue weighted by atomic mass is 16.3. The molecule has 1 amide bonds. The molecule has 2 N–H and O–H groups in total. The zero-order chi connectivity index (χ0) is 11.1. The number of aliphatic hydroxyl groups is 1. The molecule has 15 heavy (non-hydrogen) atoms. The highest BCUT2D eigenvalue weighted by Gasteiger charge is 2.24. The van der Waals surface area contributed by atoms with Crippen molar-refractivity contribution in [3.63, 3.8) is 0 Å². The molecule has 84 valence electrons. The van der Waals surface area contributed by atoms with Crippen LogP contribution in [0.15, 0.2) is 24.3 Å². The standard InChI is InChI=1S/C12H19NO2/c1-2-3-4-8-12(15)13-9-10-6-5-7-11(10)14/h2-4,8,10-11,14H,5-7,9H2,1H3,(H,13,15). The number of hydrogen-bond acceptors (Lipinski definition) is 2. The summed E-state index contributed by atoms with van der Waals surface area (Å²) in [7, 11) is 0. The normalized spacial score (nSPS) is 26.5. The molecular weight excluding hydrogens is 190 g/mol. The number of carbonyl (C=O) groups is 1. The minimum Gasteiger partial charge on any atom is -0.393 e. The topological polar surface area (TPSA) is 49.3 Å². The van der Waals surface area contributed by atoms with Gasteiger partial charge in [0.05, 0.1) is 6.10 Å². The average molecular weight is 209 g/mol. The molecule has 1 aliphatic carbocycles. The lowest BCUT2D eigenvalue weighted by Crippen LogP contribution is -2.31. The van der Waals surface area contributed by atoms with E-state index in [-0.39, 0.29) is 17.9 Å². The second-order valence-corrected chi connectivity index (χ2v) is 3.89. The lowest BCUT2D eigenvalue weighted by atomic mass is 10.1. The molecule has 0 spiro atoms. The van der Waals surface area contributed by atoms with Crippen LogP contribution >= 0.6 is 0 Å². The quantitative estimate of drug-likeness (QED) is 0.543. The van der Waals surface area contributed by atoms with Gasteiger partial charge >= 0.3 is 0 Å². The van der Waals surface area contributed by atoms with E-state index >= 15 is 0 Å². The van der Waals surface area contributed by atoms with Crippen LogP contribution in [0.25, 0.3) is 0 Å². The van der Waals surface area contributed by atoms with Gasteiger partial charge in [-0.2, -0.15) is 0 Å². The van der Waals surface area contributed by atoms with E-state index in [0.717, 1.165) is 19.3 Å². The van der Waals surface area contributed by atoms with E-state index < -0.39 is 0 Å². The molecule has 0 radical (unpaired) electrons. The molecule has 0 aliphatic heterocycles. The Morgan fingerprint density at radius 2 is 2.27 bits per heavy atom. The van der Waals surface area contributed by atoms with Gasteiger partial charge < -0.3 is 10.4 Å². The Balaban J connectivity index is 2.21. The van der Waals surface area contributed by atoms with E-state index in [4.69, 9.17) is 0 Å². The Kier molecular flexibility index (Phi) is 5.12. The highest BCUT2D eigenvalue weighted by molar-refractivity contribution is 5.87. The third-order valence-electron chi connectivity index (χ3n) is 2.71. The smallest absolute Gasteiger partial charge is 0.243 e. The molecule has 2 atom stereocenters. The first-order valence-electron chi connectivity index (χ1n) is 5.49. The van der Waals surface area contributed by atoms with Crippen LogP contribution in [0.2, 0.25) is 0 Å². The summed E-state index contributed by atoms with van der Waals surface area (Å²) in [6.45, 7) is 2.48. The Bertz CT molecular complexity index is 258. The SMILES string of the molecule is CC=CC=CC(=O)NCC1CCCC1O. The summed E-state index contributed by atoms with van der Waals surface area (Å²) in [4.78, 5) is 11.3. The Labute approximate surface area is 90.9 Å². The fourth-order valence-corrected chi connectivity index (χ4v) is 1.80. The van der Waals surface area contributed by atoms with Crippen LogP contribution in [0, 0.1) is 5.92 Å². The van der Waals surface area contributed by atoms with Crippen molar-refractivity contribution in [3.05, 3.63) is 24.3 Å². The molecule has 3 heteroatoms. The fraction of sp³-hybridized carbons (Fsp3) is 0.583. The third kappa shape index (κ3) is 4.30. The lowest BCUT2D eigenvalue weighted by molar-refractivity contribution is -0.116. The molecule has 0 saturated heterocycles. The molecular formula is C12H19NO2. The molecule has 0 aromatic carbocycles. The number of nitrogens with one attached hydrogen (secondary N) is 1. The van der Waals surface area contributed by atoms with Gasteiger partial charge in [0.15, 0.2) is 0 Å². The number of aliphatic hydroxyl groups excluding tert-OH is 1. The molecule has 1 fully saturated rings. The second-order valence-electron chi connectivity index (χ2n) is 3.89. The van der Waals surface area contributed by atoms with Gasteiger partial charge in [-0.15, -0.1) is 0 Å². The van der Waals surface area contributed by atoms with Crippen molar-refractivity contribution >= 4 is 5.91 Å². The summed E-state index contributed by atoms with van der Waals surface area (Å²) < 4.78 is 0. The molecule has 3 nitrogen and oxygen atoms in total. The lowest BCUT2D eigenvalue weighted by Gasteiger charge is -2.13. The van der Waals surface area contributed by atoms with E-state index in [2.05, 4.69) is 5.32 Å².